The summed E-state index contributed by atoms with van der Waals surface area (Å²) in [5, 5.41) is 9.27. The Morgan fingerprint density at radius 3 is 2.53 bits per heavy atom. The molecule has 0 radical (unpaired) electrons. The normalized spacial score (nSPS) is 11.3. The Labute approximate surface area is 118 Å². The van der Waals surface area contributed by atoms with Crippen molar-refractivity contribution in [2.75, 3.05) is 0 Å². The van der Waals surface area contributed by atoms with Gasteiger partial charge in [-0.3, -0.25) is 9.89 Å². The molecule has 19 heavy (non-hydrogen) atoms. The molecule has 0 fully saturated rings. The Kier molecular flexibility index (Phi) is 5.88. The highest BCUT2D eigenvalue weighted by Crippen LogP contribution is 2.31. The molecule has 4 N–H and O–H groups in total. The maximum absolute atomic E-state index is 12.4. The van der Waals surface area contributed by atoms with Crippen LogP contribution in [0.1, 0.15) is 45.4 Å². The summed E-state index contributed by atoms with van der Waals surface area (Å²) < 4.78 is 0. The topological polar surface area (TPSA) is 96.7 Å². The molecule has 0 atom stereocenters. The van der Waals surface area contributed by atoms with Crippen molar-refractivity contribution in [3.8, 4) is 0 Å². The molecule has 0 saturated carbocycles. The average Bonchev–Trinajstić information content (AvgIpc) is 2.88. The van der Waals surface area contributed by atoms with Crippen molar-refractivity contribution in [3.63, 3.8) is 0 Å². The van der Waals surface area contributed by atoms with Crippen molar-refractivity contribution < 1.29 is 4.79 Å². The number of aromatic nitrogens is 3. The number of nitrogens with zero attached hydrogens (tertiary/aromatic N) is 2. The zero-order valence-electron chi connectivity index (χ0n) is 11.4. The van der Waals surface area contributed by atoms with Gasteiger partial charge in [-0.05, 0) is 12.8 Å². The van der Waals surface area contributed by atoms with Gasteiger partial charge < -0.3 is 11.1 Å². The smallest absolute Gasteiger partial charge is 0.233 e. The summed E-state index contributed by atoms with van der Waals surface area (Å²) >= 11 is 5.13. The minimum absolute atomic E-state index is 0.125. The standard InChI is InChI=1S/C12H21N5OS/c1-3-5-12(6-4-2,10(13)19)11(18)14-7-9-15-8-16-17-9/h8H,3-7H2,1-2H3,(H2,13,19)(H,14,18)(H,15,16,17). The molecule has 7 heteroatoms. The van der Waals surface area contributed by atoms with Crippen LogP contribution in [0.15, 0.2) is 6.33 Å². The van der Waals surface area contributed by atoms with Gasteiger partial charge in [0.25, 0.3) is 0 Å². The Bertz CT molecular complexity index is 412. The van der Waals surface area contributed by atoms with Crippen molar-refractivity contribution >= 4 is 23.1 Å². The first-order valence-electron chi connectivity index (χ1n) is 6.49. The number of carbonyl (C=O) groups is 1. The number of H-pyrrole nitrogens is 1. The lowest BCUT2D eigenvalue weighted by Crippen LogP contribution is -2.48. The van der Waals surface area contributed by atoms with Crippen LogP contribution in [0.3, 0.4) is 0 Å². The van der Waals surface area contributed by atoms with E-state index < -0.39 is 5.41 Å². The maximum atomic E-state index is 12.4. The Hall–Kier alpha value is -1.50. The Morgan fingerprint density at radius 2 is 2.11 bits per heavy atom. The molecule has 1 aromatic rings. The number of hydrogen-bond acceptors (Lipinski definition) is 4. The van der Waals surface area contributed by atoms with E-state index in [-0.39, 0.29) is 10.9 Å². The van der Waals surface area contributed by atoms with Crippen molar-refractivity contribution in [3.05, 3.63) is 12.2 Å². The van der Waals surface area contributed by atoms with Crippen LogP contribution >= 0.6 is 12.2 Å². The van der Waals surface area contributed by atoms with Gasteiger partial charge in [0.1, 0.15) is 12.2 Å². The van der Waals surface area contributed by atoms with Crippen molar-refractivity contribution in [2.45, 2.75) is 46.1 Å². The molecule has 1 rings (SSSR count). The van der Waals surface area contributed by atoms with Gasteiger partial charge in [0.05, 0.1) is 16.9 Å². The van der Waals surface area contributed by atoms with E-state index in [0.29, 0.717) is 25.2 Å². The lowest BCUT2D eigenvalue weighted by atomic mass is 9.78. The number of thiocarbonyl (C=S) groups is 1. The molecule has 0 spiro atoms. The summed E-state index contributed by atoms with van der Waals surface area (Å²) in [4.78, 5) is 16.7. The SMILES string of the molecule is CCCC(CCC)(C(=O)NCc1ncn[nH]1)C(N)=S. The predicted molar refractivity (Wildman–Crippen MR) is 77.3 cm³/mol. The fourth-order valence-electron chi connectivity index (χ4n) is 2.21. The molecule has 106 valence electrons. The molecule has 0 aromatic carbocycles. The van der Waals surface area contributed by atoms with E-state index in [4.69, 9.17) is 18.0 Å². The molecule has 0 bridgehead atoms. The van der Waals surface area contributed by atoms with Gasteiger partial charge in [-0.1, -0.05) is 38.9 Å². The van der Waals surface area contributed by atoms with Crippen LogP contribution in [0.2, 0.25) is 0 Å². The van der Waals surface area contributed by atoms with Gasteiger partial charge in [-0.15, -0.1) is 0 Å². The van der Waals surface area contributed by atoms with Gasteiger partial charge in [-0.2, -0.15) is 5.10 Å². The van der Waals surface area contributed by atoms with E-state index in [2.05, 4.69) is 20.5 Å². The van der Waals surface area contributed by atoms with E-state index in [1.54, 1.807) is 0 Å². The zero-order valence-corrected chi connectivity index (χ0v) is 12.2. The van der Waals surface area contributed by atoms with Gasteiger partial charge in [0, 0.05) is 0 Å². The maximum Gasteiger partial charge on any atom is 0.233 e. The minimum Gasteiger partial charge on any atom is -0.392 e. The van der Waals surface area contributed by atoms with Crippen LogP contribution in [0.25, 0.3) is 0 Å². The molecule has 0 aliphatic rings. The number of carbonyl (C=O) groups excluding carboxylic acids is 1. The summed E-state index contributed by atoms with van der Waals surface area (Å²) in [6.07, 6.45) is 4.44. The highest BCUT2D eigenvalue weighted by atomic mass is 32.1. The van der Waals surface area contributed by atoms with E-state index in [9.17, 15) is 4.79 Å². The first-order chi connectivity index (χ1) is 9.06. The van der Waals surface area contributed by atoms with Crippen LogP contribution in [-0.2, 0) is 11.3 Å². The largest absolute Gasteiger partial charge is 0.392 e. The van der Waals surface area contributed by atoms with Gasteiger partial charge in [0.15, 0.2) is 0 Å². The summed E-state index contributed by atoms with van der Waals surface area (Å²) in [6.45, 7) is 4.34. The fraction of sp³-hybridized carbons (Fsp3) is 0.667. The molecular weight excluding hydrogens is 262 g/mol. The molecule has 6 nitrogen and oxygen atoms in total. The summed E-state index contributed by atoms with van der Waals surface area (Å²) in [5.74, 6) is 0.485. The third-order valence-electron chi connectivity index (χ3n) is 3.14. The molecule has 0 saturated heterocycles. The van der Waals surface area contributed by atoms with Gasteiger partial charge in [-0.25, -0.2) is 4.98 Å². The second-order valence-electron chi connectivity index (χ2n) is 4.56. The summed E-state index contributed by atoms with van der Waals surface area (Å²) in [7, 11) is 0. The second kappa shape index (κ2) is 7.18. The number of nitrogens with two attached hydrogens (primary N) is 1. The van der Waals surface area contributed by atoms with Crippen LogP contribution < -0.4 is 11.1 Å². The lowest BCUT2D eigenvalue weighted by Gasteiger charge is -2.30. The molecule has 1 heterocycles. The number of rotatable bonds is 8. The highest BCUT2D eigenvalue weighted by Gasteiger charge is 2.39. The van der Waals surface area contributed by atoms with Crippen LogP contribution in [0.5, 0.6) is 0 Å². The molecule has 0 aliphatic carbocycles. The van der Waals surface area contributed by atoms with Gasteiger partial charge >= 0.3 is 0 Å². The first-order valence-corrected chi connectivity index (χ1v) is 6.90. The monoisotopic (exact) mass is 283 g/mol. The van der Waals surface area contributed by atoms with E-state index in [0.717, 1.165) is 12.8 Å². The number of hydrogen-bond donors (Lipinski definition) is 3. The van der Waals surface area contributed by atoms with Crippen LogP contribution in [0, 0.1) is 5.41 Å². The molecule has 1 aromatic heterocycles. The third kappa shape index (κ3) is 3.73. The molecule has 0 aliphatic heterocycles. The zero-order chi connectivity index (χ0) is 14.3. The average molecular weight is 283 g/mol. The highest BCUT2D eigenvalue weighted by molar-refractivity contribution is 7.80. The summed E-state index contributed by atoms with van der Waals surface area (Å²) in [6, 6.07) is 0. The molecular formula is C12H21N5OS. The minimum atomic E-state index is -0.751. The molecule has 0 unspecified atom stereocenters. The van der Waals surface area contributed by atoms with Gasteiger partial charge in [0.2, 0.25) is 5.91 Å². The van der Waals surface area contributed by atoms with Crippen molar-refractivity contribution in [1.82, 2.24) is 20.5 Å². The van der Waals surface area contributed by atoms with E-state index in [1.165, 1.54) is 6.33 Å². The number of nitrogens with one attached hydrogen (secondary N) is 2. The van der Waals surface area contributed by atoms with Crippen LogP contribution in [0.4, 0.5) is 0 Å². The first kappa shape index (κ1) is 15.6. The van der Waals surface area contributed by atoms with E-state index >= 15 is 0 Å². The predicted octanol–water partition coefficient (Wildman–Crippen LogP) is 1.29. The number of aromatic amines is 1. The molecule has 1 amide bonds. The Balaban J connectivity index is 2.77. The van der Waals surface area contributed by atoms with Crippen molar-refractivity contribution in [2.24, 2.45) is 11.1 Å². The van der Waals surface area contributed by atoms with Crippen LogP contribution in [-0.4, -0.2) is 26.1 Å². The second-order valence-corrected chi connectivity index (χ2v) is 5.00. The Morgan fingerprint density at radius 1 is 1.47 bits per heavy atom. The van der Waals surface area contributed by atoms with Crippen molar-refractivity contribution in [1.29, 1.82) is 0 Å². The summed E-state index contributed by atoms with van der Waals surface area (Å²) in [5.41, 5.74) is 5.08. The van der Waals surface area contributed by atoms with E-state index in [1.807, 2.05) is 13.8 Å². The number of amides is 1. The fourth-order valence-corrected chi connectivity index (χ4v) is 2.51. The quantitative estimate of drug-likeness (QED) is 0.625. The lowest BCUT2D eigenvalue weighted by molar-refractivity contribution is -0.128. The third-order valence-corrected chi connectivity index (χ3v) is 3.53.